The minimum atomic E-state index is -0.778. The van der Waals surface area contributed by atoms with Crippen LogP contribution in [-0.4, -0.2) is 50.1 Å². The number of likely N-dealkylation sites (tertiary alicyclic amines) is 1. The van der Waals surface area contributed by atoms with E-state index < -0.39 is 5.41 Å². The Morgan fingerprint density at radius 1 is 1.36 bits per heavy atom. The highest BCUT2D eigenvalue weighted by atomic mass is 16.5. The summed E-state index contributed by atoms with van der Waals surface area (Å²) in [5.41, 5.74) is 0.773. The third-order valence-corrected chi connectivity index (χ3v) is 4.86. The normalized spacial score (nSPS) is 18.0. The van der Waals surface area contributed by atoms with Crippen molar-refractivity contribution in [3.05, 3.63) is 23.8 Å². The Balaban J connectivity index is 2.25. The average molecular weight is 348 g/mol. The van der Waals surface area contributed by atoms with E-state index in [9.17, 15) is 9.59 Å². The van der Waals surface area contributed by atoms with Crippen LogP contribution in [0.4, 0.5) is 5.69 Å². The molecule has 1 unspecified atom stereocenters. The van der Waals surface area contributed by atoms with Gasteiger partial charge >= 0.3 is 5.97 Å². The number of anilines is 1. The topological polar surface area (TPSA) is 67.9 Å². The summed E-state index contributed by atoms with van der Waals surface area (Å²) in [5.74, 6) is 0.418. The predicted octanol–water partition coefficient (Wildman–Crippen LogP) is 2.57. The number of hydrogen-bond acceptors (Lipinski definition) is 5. The third kappa shape index (κ3) is 3.89. The summed E-state index contributed by atoms with van der Waals surface area (Å²) < 4.78 is 10.4. The molecule has 1 fully saturated rings. The van der Waals surface area contributed by atoms with Crippen molar-refractivity contribution >= 4 is 17.6 Å². The van der Waals surface area contributed by atoms with Gasteiger partial charge in [-0.15, -0.1) is 0 Å². The van der Waals surface area contributed by atoms with Crippen LogP contribution in [0.5, 0.6) is 5.75 Å². The summed E-state index contributed by atoms with van der Waals surface area (Å²) >= 11 is 0. The zero-order valence-electron chi connectivity index (χ0n) is 15.7. The molecule has 1 N–H and O–H groups in total. The van der Waals surface area contributed by atoms with Gasteiger partial charge in [-0.2, -0.15) is 0 Å². The first-order valence-electron chi connectivity index (χ1n) is 8.67. The van der Waals surface area contributed by atoms with E-state index in [1.165, 1.54) is 7.11 Å². The van der Waals surface area contributed by atoms with Gasteiger partial charge in [0.05, 0.1) is 25.3 Å². The smallest absolute Gasteiger partial charge is 0.315 e. The summed E-state index contributed by atoms with van der Waals surface area (Å²) in [5, 5.41) is 3.30. The van der Waals surface area contributed by atoms with Crippen molar-refractivity contribution < 1.29 is 19.1 Å². The SMILES string of the molecule is CCN1CCCC(Nc2ccc(C(C)(C)C(=O)OC)cc2OC)C1=O. The maximum absolute atomic E-state index is 12.5. The fourth-order valence-electron chi connectivity index (χ4n) is 3.15. The van der Waals surface area contributed by atoms with Crippen LogP contribution in [0.2, 0.25) is 0 Å². The second kappa shape index (κ2) is 7.76. The molecule has 0 bridgehead atoms. The number of ether oxygens (including phenoxy) is 2. The second-order valence-corrected chi connectivity index (χ2v) is 6.79. The zero-order valence-corrected chi connectivity index (χ0v) is 15.7. The molecule has 1 aliphatic rings. The molecule has 2 rings (SSSR count). The van der Waals surface area contributed by atoms with E-state index in [0.717, 1.165) is 37.2 Å². The Morgan fingerprint density at radius 3 is 2.68 bits per heavy atom. The van der Waals surface area contributed by atoms with Crippen LogP contribution < -0.4 is 10.1 Å². The number of methoxy groups -OCH3 is 2. The lowest BCUT2D eigenvalue weighted by Gasteiger charge is -2.32. The number of hydrogen-bond donors (Lipinski definition) is 1. The first kappa shape index (κ1) is 19.1. The Kier molecular flexibility index (Phi) is 5.93. The maximum Gasteiger partial charge on any atom is 0.315 e. The number of piperidine rings is 1. The van der Waals surface area contributed by atoms with E-state index in [4.69, 9.17) is 9.47 Å². The van der Waals surface area contributed by atoms with Crippen LogP contribution in [-0.2, 0) is 19.7 Å². The number of nitrogens with zero attached hydrogens (tertiary/aromatic N) is 1. The van der Waals surface area contributed by atoms with Crippen molar-refractivity contribution in [2.45, 2.75) is 45.1 Å². The van der Waals surface area contributed by atoms with Crippen LogP contribution in [0.3, 0.4) is 0 Å². The van der Waals surface area contributed by atoms with Gasteiger partial charge < -0.3 is 19.7 Å². The van der Waals surface area contributed by atoms with Gasteiger partial charge in [-0.05, 0) is 51.3 Å². The molecule has 1 aromatic carbocycles. The Hall–Kier alpha value is -2.24. The molecule has 25 heavy (non-hydrogen) atoms. The summed E-state index contributed by atoms with van der Waals surface area (Å²) in [7, 11) is 2.96. The van der Waals surface area contributed by atoms with Gasteiger partial charge in [0, 0.05) is 13.1 Å². The van der Waals surface area contributed by atoms with Crippen LogP contribution in [0.1, 0.15) is 39.2 Å². The summed E-state index contributed by atoms with van der Waals surface area (Å²) in [6.45, 7) is 7.15. The molecule has 0 spiro atoms. The molecule has 138 valence electrons. The molecule has 1 amide bonds. The second-order valence-electron chi connectivity index (χ2n) is 6.79. The number of amides is 1. The molecule has 6 heteroatoms. The fraction of sp³-hybridized carbons (Fsp3) is 0.579. The van der Waals surface area contributed by atoms with E-state index in [2.05, 4.69) is 5.32 Å². The largest absolute Gasteiger partial charge is 0.495 e. The average Bonchev–Trinajstić information content (AvgIpc) is 2.62. The lowest BCUT2D eigenvalue weighted by molar-refractivity contribution is -0.146. The van der Waals surface area contributed by atoms with Crippen molar-refractivity contribution in [2.24, 2.45) is 0 Å². The summed E-state index contributed by atoms with van der Waals surface area (Å²) in [4.78, 5) is 26.4. The van der Waals surface area contributed by atoms with Gasteiger partial charge in [0.1, 0.15) is 11.8 Å². The Bertz CT molecular complexity index is 642. The molecular formula is C19H28N2O4. The zero-order chi connectivity index (χ0) is 18.6. The summed E-state index contributed by atoms with van der Waals surface area (Å²) in [6.07, 6.45) is 1.78. The maximum atomic E-state index is 12.5. The van der Waals surface area contributed by atoms with E-state index in [1.54, 1.807) is 7.11 Å². The highest BCUT2D eigenvalue weighted by Gasteiger charge is 2.32. The standard InChI is InChI=1S/C19H28N2O4/c1-6-21-11-7-8-15(17(21)22)20-14-10-9-13(12-16(14)24-4)19(2,3)18(23)25-5/h9-10,12,15,20H,6-8,11H2,1-5H3. The molecule has 1 heterocycles. The first-order chi connectivity index (χ1) is 11.8. The van der Waals surface area contributed by atoms with Crippen molar-refractivity contribution in [1.82, 2.24) is 4.90 Å². The predicted molar refractivity (Wildman–Crippen MR) is 96.9 cm³/mol. The molecule has 1 aliphatic heterocycles. The Morgan fingerprint density at radius 2 is 2.08 bits per heavy atom. The number of esters is 1. The highest BCUT2D eigenvalue weighted by molar-refractivity contribution is 5.86. The van der Waals surface area contributed by atoms with E-state index in [1.807, 2.05) is 43.9 Å². The molecular weight excluding hydrogens is 320 g/mol. The number of carbonyl (C=O) groups is 2. The van der Waals surface area contributed by atoms with Crippen molar-refractivity contribution in [1.29, 1.82) is 0 Å². The van der Waals surface area contributed by atoms with Gasteiger partial charge in [0.15, 0.2) is 0 Å². The van der Waals surface area contributed by atoms with Crippen LogP contribution in [0.15, 0.2) is 18.2 Å². The van der Waals surface area contributed by atoms with Crippen molar-refractivity contribution in [3.8, 4) is 5.75 Å². The molecule has 0 saturated carbocycles. The number of likely N-dealkylation sites (N-methyl/N-ethyl adjacent to an activating group) is 1. The summed E-state index contributed by atoms with van der Waals surface area (Å²) in [6, 6.07) is 5.30. The molecule has 1 atom stereocenters. The first-order valence-corrected chi connectivity index (χ1v) is 8.67. The van der Waals surface area contributed by atoms with Crippen molar-refractivity contribution in [3.63, 3.8) is 0 Å². The molecule has 0 aromatic heterocycles. The minimum Gasteiger partial charge on any atom is -0.495 e. The Labute approximate surface area is 149 Å². The number of rotatable bonds is 6. The number of carbonyl (C=O) groups excluding carboxylic acids is 2. The molecule has 0 radical (unpaired) electrons. The molecule has 6 nitrogen and oxygen atoms in total. The van der Waals surface area contributed by atoms with Gasteiger partial charge in [-0.1, -0.05) is 6.07 Å². The van der Waals surface area contributed by atoms with E-state index in [0.29, 0.717) is 5.75 Å². The van der Waals surface area contributed by atoms with Crippen LogP contribution in [0.25, 0.3) is 0 Å². The van der Waals surface area contributed by atoms with E-state index in [-0.39, 0.29) is 17.9 Å². The molecule has 0 aliphatic carbocycles. The van der Waals surface area contributed by atoms with Gasteiger partial charge in [0.2, 0.25) is 5.91 Å². The lowest BCUT2D eigenvalue weighted by Crippen LogP contribution is -2.47. The molecule has 1 saturated heterocycles. The van der Waals surface area contributed by atoms with Gasteiger partial charge in [-0.25, -0.2) is 0 Å². The monoisotopic (exact) mass is 348 g/mol. The van der Waals surface area contributed by atoms with Crippen LogP contribution in [0, 0.1) is 0 Å². The van der Waals surface area contributed by atoms with E-state index >= 15 is 0 Å². The lowest BCUT2D eigenvalue weighted by atomic mass is 9.84. The highest BCUT2D eigenvalue weighted by Crippen LogP contribution is 2.33. The van der Waals surface area contributed by atoms with Gasteiger partial charge in [0.25, 0.3) is 0 Å². The van der Waals surface area contributed by atoms with Crippen molar-refractivity contribution in [2.75, 3.05) is 32.6 Å². The third-order valence-electron chi connectivity index (χ3n) is 4.86. The van der Waals surface area contributed by atoms with Crippen LogP contribution >= 0.6 is 0 Å². The molecule has 1 aromatic rings. The number of benzene rings is 1. The minimum absolute atomic E-state index is 0.120. The number of nitrogens with one attached hydrogen (secondary N) is 1. The quantitative estimate of drug-likeness (QED) is 0.800. The van der Waals surface area contributed by atoms with Gasteiger partial charge in [-0.3, -0.25) is 9.59 Å². The fourth-order valence-corrected chi connectivity index (χ4v) is 3.15.